The molecule has 70 valence electrons. The third kappa shape index (κ3) is 1.91. The van der Waals surface area contributed by atoms with E-state index in [0.717, 1.165) is 22.2 Å². The van der Waals surface area contributed by atoms with Crippen molar-refractivity contribution in [3.05, 3.63) is 16.1 Å². The SMILES string of the molecule is NCC1(Nc2ncncc2I)CC1. The first-order valence-corrected chi connectivity index (χ1v) is 5.27. The summed E-state index contributed by atoms with van der Waals surface area (Å²) in [5.41, 5.74) is 5.78. The molecule has 2 rings (SSSR count). The van der Waals surface area contributed by atoms with Gasteiger partial charge in [-0.05, 0) is 35.4 Å². The number of rotatable bonds is 3. The van der Waals surface area contributed by atoms with Crippen LogP contribution in [0, 0.1) is 3.57 Å². The van der Waals surface area contributed by atoms with Crippen molar-refractivity contribution < 1.29 is 0 Å². The van der Waals surface area contributed by atoms with Gasteiger partial charge in [-0.3, -0.25) is 0 Å². The van der Waals surface area contributed by atoms with Crippen LogP contribution in [0.1, 0.15) is 12.8 Å². The Kier molecular flexibility index (Phi) is 2.37. The standard InChI is InChI=1S/C8H11IN4/c9-6-3-11-5-12-7(6)13-8(4-10)1-2-8/h3,5H,1-2,4,10H2,(H,11,12,13). The molecule has 5 heteroatoms. The minimum absolute atomic E-state index is 0.119. The number of anilines is 1. The molecule has 1 aromatic heterocycles. The zero-order valence-electron chi connectivity index (χ0n) is 7.13. The highest BCUT2D eigenvalue weighted by Crippen LogP contribution is 2.37. The fourth-order valence-electron chi connectivity index (χ4n) is 1.19. The van der Waals surface area contributed by atoms with Crippen LogP contribution >= 0.6 is 22.6 Å². The molecule has 13 heavy (non-hydrogen) atoms. The molecule has 0 radical (unpaired) electrons. The predicted molar refractivity (Wildman–Crippen MR) is 59.4 cm³/mol. The monoisotopic (exact) mass is 290 g/mol. The van der Waals surface area contributed by atoms with Crippen LogP contribution in [-0.4, -0.2) is 22.1 Å². The fraction of sp³-hybridized carbons (Fsp3) is 0.500. The van der Waals surface area contributed by atoms with Crippen LogP contribution in [0.5, 0.6) is 0 Å². The topological polar surface area (TPSA) is 63.8 Å². The van der Waals surface area contributed by atoms with Crippen LogP contribution in [0.25, 0.3) is 0 Å². The molecular weight excluding hydrogens is 279 g/mol. The van der Waals surface area contributed by atoms with Crippen LogP contribution in [0.3, 0.4) is 0 Å². The molecule has 3 N–H and O–H groups in total. The van der Waals surface area contributed by atoms with Crippen LogP contribution in [0.4, 0.5) is 5.82 Å². The van der Waals surface area contributed by atoms with E-state index < -0.39 is 0 Å². The van der Waals surface area contributed by atoms with Crippen molar-refractivity contribution in [3.63, 3.8) is 0 Å². The lowest BCUT2D eigenvalue weighted by Gasteiger charge is -2.15. The van der Waals surface area contributed by atoms with Crippen molar-refractivity contribution in [2.45, 2.75) is 18.4 Å². The Bertz CT molecular complexity index is 311. The molecule has 0 spiro atoms. The van der Waals surface area contributed by atoms with E-state index in [2.05, 4.69) is 37.9 Å². The van der Waals surface area contributed by atoms with Crippen LogP contribution in [0.15, 0.2) is 12.5 Å². The number of halogens is 1. The van der Waals surface area contributed by atoms with Crippen LogP contribution in [0.2, 0.25) is 0 Å². The van der Waals surface area contributed by atoms with Crippen molar-refractivity contribution >= 4 is 28.4 Å². The minimum Gasteiger partial charge on any atom is -0.362 e. The van der Waals surface area contributed by atoms with E-state index in [1.165, 1.54) is 0 Å². The van der Waals surface area contributed by atoms with Gasteiger partial charge in [-0.2, -0.15) is 0 Å². The Morgan fingerprint density at radius 1 is 1.62 bits per heavy atom. The molecule has 0 amide bonds. The quantitative estimate of drug-likeness (QED) is 0.815. The smallest absolute Gasteiger partial charge is 0.143 e. The second-order valence-corrected chi connectivity index (χ2v) is 4.49. The van der Waals surface area contributed by atoms with E-state index in [0.29, 0.717) is 6.54 Å². The lowest BCUT2D eigenvalue weighted by atomic mass is 10.3. The average molecular weight is 290 g/mol. The van der Waals surface area contributed by atoms with Gasteiger partial charge in [-0.25, -0.2) is 9.97 Å². The average Bonchev–Trinajstić information content (AvgIpc) is 2.90. The number of nitrogens with one attached hydrogen (secondary N) is 1. The second-order valence-electron chi connectivity index (χ2n) is 3.33. The molecule has 1 saturated carbocycles. The first-order valence-electron chi connectivity index (χ1n) is 4.19. The van der Waals surface area contributed by atoms with Gasteiger partial charge in [0.25, 0.3) is 0 Å². The van der Waals surface area contributed by atoms with Crippen molar-refractivity contribution in [3.8, 4) is 0 Å². The third-order valence-electron chi connectivity index (χ3n) is 2.30. The molecule has 1 aliphatic carbocycles. The maximum Gasteiger partial charge on any atom is 0.143 e. The molecule has 0 unspecified atom stereocenters. The number of nitrogens with zero attached hydrogens (tertiary/aromatic N) is 2. The van der Waals surface area contributed by atoms with Crippen molar-refractivity contribution in [1.29, 1.82) is 0 Å². The Hall–Kier alpha value is -0.430. The lowest BCUT2D eigenvalue weighted by Crippen LogP contribution is -2.31. The Balaban J connectivity index is 2.14. The molecule has 0 atom stereocenters. The van der Waals surface area contributed by atoms with E-state index in [1.807, 2.05) is 0 Å². The molecule has 0 aromatic carbocycles. The van der Waals surface area contributed by atoms with Gasteiger partial charge in [0.05, 0.1) is 9.11 Å². The Morgan fingerprint density at radius 2 is 2.38 bits per heavy atom. The van der Waals surface area contributed by atoms with E-state index >= 15 is 0 Å². The second kappa shape index (κ2) is 3.38. The largest absolute Gasteiger partial charge is 0.362 e. The summed E-state index contributed by atoms with van der Waals surface area (Å²) in [5, 5.41) is 3.36. The molecule has 4 nitrogen and oxygen atoms in total. The molecule has 1 aromatic rings. The highest BCUT2D eigenvalue weighted by Gasteiger charge is 2.41. The number of hydrogen-bond donors (Lipinski definition) is 2. The number of nitrogens with two attached hydrogens (primary N) is 1. The summed E-state index contributed by atoms with van der Waals surface area (Å²) < 4.78 is 1.04. The van der Waals surface area contributed by atoms with Gasteiger partial charge >= 0.3 is 0 Å². The molecule has 1 heterocycles. The summed E-state index contributed by atoms with van der Waals surface area (Å²) in [4.78, 5) is 8.10. The summed E-state index contributed by atoms with van der Waals surface area (Å²) >= 11 is 2.22. The van der Waals surface area contributed by atoms with Gasteiger partial charge in [0, 0.05) is 12.7 Å². The Labute approximate surface area is 90.5 Å². The van der Waals surface area contributed by atoms with E-state index in [4.69, 9.17) is 5.73 Å². The van der Waals surface area contributed by atoms with Crippen LogP contribution < -0.4 is 11.1 Å². The van der Waals surface area contributed by atoms with Crippen molar-refractivity contribution in [2.24, 2.45) is 5.73 Å². The molecule has 0 saturated heterocycles. The first-order chi connectivity index (χ1) is 6.26. The van der Waals surface area contributed by atoms with Crippen molar-refractivity contribution in [1.82, 2.24) is 9.97 Å². The maximum absolute atomic E-state index is 5.66. The zero-order chi connectivity index (χ0) is 9.31. The minimum atomic E-state index is 0.119. The summed E-state index contributed by atoms with van der Waals surface area (Å²) in [5.74, 6) is 0.901. The summed E-state index contributed by atoms with van der Waals surface area (Å²) in [6.45, 7) is 0.674. The zero-order valence-corrected chi connectivity index (χ0v) is 9.28. The van der Waals surface area contributed by atoms with Gasteiger partial charge in [0.2, 0.25) is 0 Å². The van der Waals surface area contributed by atoms with Gasteiger partial charge in [0.1, 0.15) is 12.1 Å². The van der Waals surface area contributed by atoms with Gasteiger partial charge in [0.15, 0.2) is 0 Å². The Morgan fingerprint density at radius 3 is 2.92 bits per heavy atom. The van der Waals surface area contributed by atoms with Gasteiger partial charge in [-0.1, -0.05) is 0 Å². The third-order valence-corrected chi connectivity index (χ3v) is 3.08. The number of hydrogen-bond acceptors (Lipinski definition) is 4. The summed E-state index contributed by atoms with van der Waals surface area (Å²) in [6, 6.07) is 0. The van der Waals surface area contributed by atoms with E-state index in [-0.39, 0.29) is 5.54 Å². The molecule has 1 aliphatic rings. The fourth-order valence-corrected chi connectivity index (χ4v) is 1.62. The van der Waals surface area contributed by atoms with Crippen molar-refractivity contribution in [2.75, 3.05) is 11.9 Å². The highest BCUT2D eigenvalue weighted by molar-refractivity contribution is 14.1. The summed E-state index contributed by atoms with van der Waals surface area (Å²) in [6.07, 6.45) is 5.63. The van der Waals surface area contributed by atoms with E-state index in [1.54, 1.807) is 12.5 Å². The maximum atomic E-state index is 5.66. The van der Waals surface area contributed by atoms with Gasteiger partial charge in [-0.15, -0.1) is 0 Å². The molecular formula is C8H11IN4. The lowest BCUT2D eigenvalue weighted by molar-refractivity contribution is 0.735. The van der Waals surface area contributed by atoms with Crippen LogP contribution in [-0.2, 0) is 0 Å². The molecule has 1 fully saturated rings. The normalized spacial score (nSPS) is 18.3. The predicted octanol–water partition coefficient (Wildman–Crippen LogP) is 0.984. The number of aromatic nitrogens is 2. The molecule has 0 aliphatic heterocycles. The summed E-state index contributed by atoms with van der Waals surface area (Å²) in [7, 11) is 0. The first kappa shape index (κ1) is 9.14. The van der Waals surface area contributed by atoms with Gasteiger partial charge < -0.3 is 11.1 Å². The highest BCUT2D eigenvalue weighted by atomic mass is 127. The van der Waals surface area contributed by atoms with E-state index in [9.17, 15) is 0 Å². The molecule has 0 bridgehead atoms.